The molecule has 14 heavy (non-hydrogen) atoms. The summed E-state index contributed by atoms with van der Waals surface area (Å²) < 4.78 is 10.1. The number of methoxy groups -OCH3 is 2. The van der Waals surface area contributed by atoms with Crippen LogP contribution in [0.4, 0.5) is 0 Å². The normalized spacial score (nSPS) is 10.2. The minimum atomic E-state index is -0.526. The Labute approximate surface area is 87.8 Å². The summed E-state index contributed by atoms with van der Waals surface area (Å²) in [6, 6.07) is 7.04. The van der Waals surface area contributed by atoms with Crippen molar-refractivity contribution in [2.24, 2.45) is 0 Å². The van der Waals surface area contributed by atoms with Crippen molar-refractivity contribution in [3.63, 3.8) is 0 Å². The molecule has 0 aliphatic rings. The number of hydrogen-bond donors (Lipinski definition) is 0. The smallest absolute Gasteiger partial charge is 0.184 e. The van der Waals surface area contributed by atoms with Crippen molar-refractivity contribution in [3.8, 4) is 6.07 Å². The maximum Gasteiger partial charge on any atom is 0.184 e. The molecule has 74 valence electrons. The van der Waals surface area contributed by atoms with Crippen LogP contribution in [0.5, 0.6) is 0 Å². The van der Waals surface area contributed by atoms with Crippen molar-refractivity contribution in [2.75, 3.05) is 14.2 Å². The molecule has 1 rings (SSSR count). The Morgan fingerprint density at radius 3 is 2.50 bits per heavy atom. The highest BCUT2D eigenvalue weighted by Gasteiger charge is 2.13. The number of nitrogens with zero attached hydrogens (tertiary/aromatic N) is 1. The van der Waals surface area contributed by atoms with Crippen molar-refractivity contribution < 1.29 is 9.47 Å². The first-order chi connectivity index (χ1) is 6.72. The molecule has 1 aromatic carbocycles. The largest absolute Gasteiger partial charge is 0.352 e. The van der Waals surface area contributed by atoms with Gasteiger partial charge in [0.05, 0.1) is 11.6 Å². The van der Waals surface area contributed by atoms with E-state index >= 15 is 0 Å². The molecule has 0 N–H and O–H groups in total. The van der Waals surface area contributed by atoms with E-state index in [1.54, 1.807) is 18.2 Å². The fourth-order valence-electron chi connectivity index (χ4n) is 1.18. The van der Waals surface area contributed by atoms with E-state index in [1.807, 2.05) is 6.07 Å². The Balaban J connectivity index is 3.14. The van der Waals surface area contributed by atoms with Gasteiger partial charge in [0.15, 0.2) is 6.29 Å². The Hall–Kier alpha value is -1.08. The van der Waals surface area contributed by atoms with Crippen LogP contribution in [0.3, 0.4) is 0 Å². The average Bonchev–Trinajstić information content (AvgIpc) is 2.21. The van der Waals surface area contributed by atoms with Gasteiger partial charge in [-0.1, -0.05) is 17.7 Å². The fraction of sp³-hybridized carbons (Fsp3) is 0.300. The number of ether oxygens (including phenoxy) is 2. The molecule has 1 aromatic rings. The van der Waals surface area contributed by atoms with Gasteiger partial charge in [-0.25, -0.2) is 0 Å². The first-order valence-corrected chi connectivity index (χ1v) is 4.36. The minimum absolute atomic E-state index is 0.464. The van der Waals surface area contributed by atoms with Gasteiger partial charge in [-0.3, -0.25) is 0 Å². The van der Waals surface area contributed by atoms with Gasteiger partial charge in [0, 0.05) is 24.8 Å². The maximum atomic E-state index is 8.86. The Morgan fingerprint density at radius 1 is 1.36 bits per heavy atom. The van der Waals surface area contributed by atoms with Crippen LogP contribution in [0, 0.1) is 11.3 Å². The van der Waals surface area contributed by atoms with Gasteiger partial charge in [0.1, 0.15) is 0 Å². The Kier molecular flexibility index (Phi) is 3.90. The van der Waals surface area contributed by atoms with Crippen LogP contribution in [0.25, 0.3) is 0 Å². The van der Waals surface area contributed by atoms with E-state index in [-0.39, 0.29) is 0 Å². The molecule has 0 bridgehead atoms. The monoisotopic (exact) mass is 211 g/mol. The third-order valence-corrected chi connectivity index (χ3v) is 2.05. The summed E-state index contributed by atoms with van der Waals surface area (Å²) in [5.74, 6) is 0. The van der Waals surface area contributed by atoms with E-state index in [2.05, 4.69) is 0 Å². The number of nitriles is 1. The highest BCUT2D eigenvalue weighted by Crippen LogP contribution is 2.23. The van der Waals surface area contributed by atoms with Crippen LogP contribution in [-0.2, 0) is 9.47 Å². The lowest BCUT2D eigenvalue weighted by Crippen LogP contribution is -2.05. The molecule has 0 spiro atoms. The molecule has 0 saturated heterocycles. The van der Waals surface area contributed by atoms with Crippen molar-refractivity contribution in [1.82, 2.24) is 0 Å². The predicted molar refractivity (Wildman–Crippen MR) is 52.9 cm³/mol. The first kappa shape index (κ1) is 11.0. The van der Waals surface area contributed by atoms with Crippen molar-refractivity contribution in [2.45, 2.75) is 6.29 Å². The molecule has 4 heteroatoms. The molecule has 0 aromatic heterocycles. The van der Waals surface area contributed by atoms with Crippen LogP contribution < -0.4 is 0 Å². The molecule has 0 saturated carbocycles. The molecule has 0 unspecified atom stereocenters. The molecular formula is C10H10ClNO2. The molecule has 0 fully saturated rings. The average molecular weight is 212 g/mol. The zero-order valence-electron chi connectivity index (χ0n) is 7.95. The number of benzene rings is 1. The quantitative estimate of drug-likeness (QED) is 0.722. The highest BCUT2D eigenvalue weighted by atomic mass is 35.5. The second kappa shape index (κ2) is 4.97. The summed E-state index contributed by atoms with van der Waals surface area (Å²) >= 11 is 5.75. The number of rotatable bonds is 3. The number of halogens is 1. The van der Waals surface area contributed by atoms with Crippen molar-refractivity contribution in [3.05, 3.63) is 34.3 Å². The molecule has 0 aliphatic heterocycles. The lowest BCUT2D eigenvalue weighted by atomic mass is 10.1. The van der Waals surface area contributed by atoms with Gasteiger partial charge in [-0.2, -0.15) is 5.26 Å². The molecular weight excluding hydrogens is 202 g/mol. The molecule has 0 amide bonds. The van der Waals surface area contributed by atoms with Gasteiger partial charge in [-0.05, 0) is 12.1 Å². The van der Waals surface area contributed by atoms with Gasteiger partial charge < -0.3 is 9.47 Å². The Bertz CT molecular complexity index is 356. The van der Waals surface area contributed by atoms with E-state index in [4.69, 9.17) is 26.3 Å². The highest BCUT2D eigenvalue weighted by molar-refractivity contribution is 6.30. The minimum Gasteiger partial charge on any atom is -0.352 e. The molecule has 0 radical (unpaired) electrons. The van der Waals surface area contributed by atoms with E-state index in [0.29, 0.717) is 16.1 Å². The summed E-state index contributed by atoms with van der Waals surface area (Å²) in [5.41, 5.74) is 1.15. The van der Waals surface area contributed by atoms with Crippen LogP contribution >= 0.6 is 11.6 Å². The summed E-state index contributed by atoms with van der Waals surface area (Å²) in [5, 5.41) is 9.39. The first-order valence-electron chi connectivity index (χ1n) is 3.98. The zero-order valence-corrected chi connectivity index (χ0v) is 8.71. The Morgan fingerprint density at radius 2 is 2.00 bits per heavy atom. The molecule has 0 aliphatic carbocycles. The fourth-order valence-corrected chi connectivity index (χ4v) is 1.35. The maximum absolute atomic E-state index is 8.86. The summed E-state index contributed by atoms with van der Waals surface area (Å²) in [6.45, 7) is 0. The van der Waals surface area contributed by atoms with Crippen molar-refractivity contribution >= 4 is 11.6 Å². The lowest BCUT2D eigenvalue weighted by molar-refractivity contribution is -0.106. The van der Waals surface area contributed by atoms with Crippen LogP contribution in [0.15, 0.2) is 18.2 Å². The van der Waals surface area contributed by atoms with E-state index in [0.717, 1.165) is 0 Å². The second-order valence-electron chi connectivity index (χ2n) is 2.65. The van der Waals surface area contributed by atoms with Crippen molar-refractivity contribution in [1.29, 1.82) is 5.26 Å². The van der Waals surface area contributed by atoms with Gasteiger partial charge in [-0.15, -0.1) is 0 Å². The lowest BCUT2D eigenvalue weighted by Gasteiger charge is -2.14. The summed E-state index contributed by atoms with van der Waals surface area (Å²) in [6.07, 6.45) is -0.526. The summed E-state index contributed by atoms with van der Waals surface area (Å²) in [7, 11) is 3.04. The molecule has 0 atom stereocenters. The van der Waals surface area contributed by atoms with E-state index < -0.39 is 6.29 Å². The second-order valence-corrected chi connectivity index (χ2v) is 3.08. The van der Waals surface area contributed by atoms with Crippen LogP contribution in [0.1, 0.15) is 17.4 Å². The standard InChI is InChI=1S/C10H10ClNO2/c1-13-10(14-2)9-4-3-8(11)5-7(9)6-12/h3-5,10H,1-2H3. The topological polar surface area (TPSA) is 42.2 Å². The zero-order chi connectivity index (χ0) is 10.6. The molecule has 0 heterocycles. The molecule has 3 nitrogen and oxygen atoms in total. The van der Waals surface area contributed by atoms with Crippen LogP contribution in [-0.4, -0.2) is 14.2 Å². The number of hydrogen-bond acceptors (Lipinski definition) is 3. The van der Waals surface area contributed by atoms with Crippen LogP contribution in [0.2, 0.25) is 5.02 Å². The van der Waals surface area contributed by atoms with Gasteiger partial charge in [0.2, 0.25) is 0 Å². The third kappa shape index (κ3) is 2.24. The third-order valence-electron chi connectivity index (χ3n) is 1.82. The van der Waals surface area contributed by atoms with E-state index in [9.17, 15) is 0 Å². The summed E-state index contributed by atoms with van der Waals surface area (Å²) in [4.78, 5) is 0. The van der Waals surface area contributed by atoms with E-state index in [1.165, 1.54) is 14.2 Å². The van der Waals surface area contributed by atoms with Gasteiger partial charge in [0.25, 0.3) is 0 Å². The predicted octanol–water partition coefficient (Wildman–Crippen LogP) is 2.50. The van der Waals surface area contributed by atoms with Gasteiger partial charge >= 0.3 is 0 Å². The SMILES string of the molecule is COC(OC)c1ccc(Cl)cc1C#N.